The predicted octanol–water partition coefficient (Wildman–Crippen LogP) is 2.63. The number of phenolic OH excluding ortho intramolecular Hbond substituents is 1. The molecule has 108 valence electrons. The van der Waals surface area contributed by atoms with Crippen LogP contribution >= 0.6 is 0 Å². The molecule has 0 bridgehead atoms. The smallest absolute Gasteiger partial charge is 0.337 e. The van der Waals surface area contributed by atoms with Gasteiger partial charge in [-0.1, -0.05) is 12.1 Å². The maximum absolute atomic E-state index is 11.4. The predicted molar refractivity (Wildman–Crippen MR) is 76.2 cm³/mol. The Kier molecular flexibility index (Phi) is 4.23. The van der Waals surface area contributed by atoms with E-state index in [0.29, 0.717) is 11.1 Å². The van der Waals surface area contributed by atoms with Gasteiger partial charge in [-0.25, -0.2) is 9.59 Å². The Labute approximate surface area is 121 Å². The highest BCUT2D eigenvalue weighted by atomic mass is 16.5. The van der Waals surface area contributed by atoms with E-state index >= 15 is 0 Å². The van der Waals surface area contributed by atoms with E-state index in [0.717, 1.165) is 5.56 Å². The first-order chi connectivity index (χ1) is 10.1. The van der Waals surface area contributed by atoms with Gasteiger partial charge in [-0.05, 0) is 35.9 Å². The summed E-state index contributed by atoms with van der Waals surface area (Å²) in [6.45, 7) is 0. The zero-order valence-electron chi connectivity index (χ0n) is 11.6. The van der Waals surface area contributed by atoms with Crippen LogP contribution in [0.5, 0.6) is 5.75 Å². The van der Waals surface area contributed by atoms with Crippen LogP contribution in [0, 0.1) is 0 Å². The minimum Gasteiger partial charge on any atom is -0.507 e. The second kappa shape index (κ2) is 6.09. The first-order valence-electron chi connectivity index (χ1n) is 6.17. The molecule has 0 radical (unpaired) electrons. The van der Waals surface area contributed by atoms with Crippen LogP contribution in [0.2, 0.25) is 0 Å². The van der Waals surface area contributed by atoms with E-state index in [1.807, 2.05) is 0 Å². The van der Waals surface area contributed by atoms with E-state index in [9.17, 15) is 14.7 Å². The Morgan fingerprint density at radius 2 is 1.38 bits per heavy atom. The van der Waals surface area contributed by atoms with Crippen LogP contribution in [0.1, 0.15) is 20.7 Å². The van der Waals surface area contributed by atoms with E-state index in [2.05, 4.69) is 9.47 Å². The van der Waals surface area contributed by atoms with Crippen LogP contribution in [0.25, 0.3) is 11.1 Å². The summed E-state index contributed by atoms with van der Waals surface area (Å²) in [5.74, 6) is -0.978. The molecule has 1 N–H and O–H groups in total. The molecule has 0 aliphatic heterocycles. The van der Waals surface area contributed by atoms with Gasteiger partial charge in [-0.3, -0.25) is 0 Å². The fourth-order valence-electron chi connectivity index (χ4n) is 1.92. The molecular formula is C16H14O5. The van der Waals surface area contributed by atoms with Crippen molar-refractivity contribution in [1.29, 1.82) is 0 Å². The second-order valence-electron chi connectivity index (χ2n) is 4.29. The molecule has 0 aliphatic carbocycles. The summed E-state index contributed by atoms with van der Waals surface area (Å²) in [4.78, 5) is 22.7. The fraction of sp³-hybridized carbons (Fsp3) is 0.125. The second-order valence-corrected chi connectivity index (χ2v) is 4.29. The molecule has 0 aromatic heterocycles. The summed E-state index contributed by atoms with van der Waals surface area (Å²) < 4.78 is 9.21. The molecular weight excluding hydrogens is 272 g/mol. The van der Waals surface area contributed by atoms with Crippen molar-refractivity contribution < 1.29 is 24.2 Å². The summed E-state index contributed by atoms with van der Waals surface area (Å²) in [5, 5.41) is 10.0. The van der Waals surface area contributed by atoms with Gasteiger partial charge in [0.15, 0.2) is 0 Å². The molecule has 2 rings (SSSR count). The molecule has 2 aromatic carbocycles. The molecule has 0 fully saturated rings. The zero-order valence-corrected chi connectivity index (χ0v) is 11.6. The molecule has 21 heavy (non-hydrogen) atoms. The lowest BCUT2D eigenvalue weighted by atomic mass is 10.0. The number of benzene rings is 2. The SMILES string of the molecule is COC(=O)c1ccc(-c2ccc(C(=O)OC)cc2O)cc1. The van der Waals surface area contributed by atoms with Gasteiger partial charge in [0.25, 0.3) is 0 Å². The number of rotatable bonds is 3. The molecule has 0 saturated heterocycles. The Bertz CT molecular complexity index is 674. The Morgan fingerprint density at radius 1 is 0.857 bits per heavy atom. The first kappa shape index (κ1) is 14.6. The highest BCUT2D eigenvalue weighted by molar-refractivity contribution is 5.92. The van der Waals surface area contributed by atoms with Crippen LogP contribution in [-0.2, 0) is 9.47 Å². The van der Waals surface area contributed by atoms with Gasteiger partial charge in [0.05, 0.1) is 25.3 Å². The van der Waals surface area contributed by atoms with Gasteiger partial charge in [0, 0.05) is 5.56 Å². The van der Waals surface area contributed by atoms with Crippen LogP contribution in [0.3, 0.4) is 0 Å². The minimum atomic E-state index is -0.516. The number of phenols is 1. The Hall–Kier alpha value is -2.82. The molecule has 0 unspecified atom stereocenters. The van der Waals surface area contributed by atoms with Crippen molar-refractivity contribution in [2.75, 3.05) is 14.2 Å². The quantitative estimate of drug-likeness (QED) is 0.878. The van der Waals surface area contributed by atoms with Crippen LogP contribution in [0.4, 0.5) is 0 Å². The van der Waals surface area contributed by atoms with E-state index < -0.39 is 11.9 Å². The van der Waals surface area contributed by atoms with Crippen molar-refractivity contribution in [3.05, 3.63) is 53.6 Å². The monoisotopic (exact) mass is 286 g/mol. The van der Waals surface area contributed by atoms with Gasteiger partial charge >= 0.3 is 11.9 Å². The van der Waals surface area contributed by atoms with Crippen molar-refractivity contribution in [2.24, 2.45) is 0 Å². The van der Waals surface area contributed by atoms with Crippen molar-refractivity contribution >= 4 is 11.9 Å². The van der Waals surface area contributed by atoms with Crippen molar-refractivity contribution in [2.45, 2.75) is 0 Å². The third kappa shape index (κ3) is 3.02. The zero-order chi connectivity index (χ0) is 15.4. The largest absolute Gasteiger partial charge is 0.507 e. The summed E-state index contributed by atoms with van der Waals surface area (Å²) >= 11 is 0. The van der Waals surface area contributed by atoms with E-state index in [1.54, 1.807) is 36.4 Å². The Balaban J connectivity index is 2.34. The maximum atomic E-state index is 11.4. The van der Waals surface area contributed by atoms with Crippen LogP contribution < -0.4 is 0 Å². The third-order valence-corrected chi connectivity index (χ3v) is 3.04. The van der Waals surface area contributed by atoms with Crippen molar-refractivity contribution in [3.63, 3.8) is 0 Å². The number of hydrogen-bond acceptors (Lipinski definition) is 5. The standard InChI is InChI=1S/C16H14O5/c1-20-15(18)11-5-3-10(4-6-11)13-8-7-12(9-14(13)17)16(19)21-2/h3-9,17H,1-2H3. The van der Waals surface area contributed by atoms with E-state index in [1.165, 1.54) is 20.3 Å². The number of carbonyl (C=O) groups excluding carboxylic acids is 2. The average Bonchev–Trinajstić information content (AvgIpc) is 2.53. The topological polar surface area (TPSA) is 72.8 Å². The summed E-state index contributed by atoms with van der Waals surface area (Å²) in [7, 11) is 2.59. The van der Waals surface area contributed by atoms with Gasteiger partial charge < -0.3 is 14.6 Å². The molecule has 0 saturated carbocycles. The van der Waals surface area contributed by atoms with Crippen molar-refractivity contribution in [3.8, 4) is 16.9 Å². The third-order valence-electron chi connectivity index (χ3n) is 3.04. The van der Waals surface area contributed by atoms with Gasteiger partial charge in [-0.2, -0.15) is 0 Å². The molecule has 5 heteroatoms. The highest BCUT2D eigenvalue weighted by Crippen LogP contribution is 2.30. The normalized spacial score (nSPS) is 10.0. The molecule has 0 heterocycles. The number of hydrogen-bond donors (Lipinski definition) is 1. The molecule has 2 aromatic rings. The highest BCUT2D eigenvalue weighted by Gasteiger charge is 2.11. The number of carbonyl (C=O) groups is 2. The number of aromatic hydroxyl groups is 1. The Morgan fingerprint density at radius 3 is 1.90 bits per heavy atom. The fourth-order valence-corrected chi connectivity index (χ4v) is 1.92. The lowest BCUT2D eigenvalue weighted by molar-refractivity contribution is 0.0591. The van der Waals surface area contributed by atoms with Gasteiger partial charge in [-0.15, -0.1) is 0 Å². The van der Waals surface area contributed by atoms with Gasteiger partial charge in [0.1, 0.15) is 5.75 Å². The summed E-state index contributed by atoms with van der Waals surface area (Å²) in [6.07, 6.45) is 0. The number of esters is 2. The van der Waals surface area contributed by atoms with Gasteiger partial charge in [0.2, 0.25) is 0 Å². The maximum Gasteiger partial charge on any atom is 0.337 e. The van der Waals surface area contributed by atoms with Crippen molar-refractivity contribution in [1.82, 2.24) is 0 Å². The van der Waals surface area contributed by atoms with Crippen LogP contribution in [0.15, 0.2) is 42.5 Å². The molecule has 0 aliphatic rings. The molecule has 5 nitrogen and oxygen atoms in total. The first-order valence-corrected chi connectivity index (χ1v) is 6.17. The van der Waals surface area contributed by atoms with E-state index in [4.69, 9.17) is 0 Å². The number of methoxy groups -OCH3 is 2. The van der Waals surface area contributed by atoms with E-state index in [-0.39, 0.29) is 11.3 Å². The minimum absolute atomic E-state index is 0.0382. The molecule has 0 amide bonds. The average molecular weight is 286 g/mol. The molecule has 0 spiro atoms. The lowest BCUT2D eigenvalue weighted by Crippen LogP contribution is -2.01. The lowest BCUT2D eigenvalue weighted by Gasteiger charge is -2.07. The molecule has 0 atom stereocenters. The summed E-state index contributed by atoms with van der Waals surface area (Å²) in [6, 6.07) is 11.1. The number of ether oxygens (including phenoxy) is 2. The van der Waals surface area contributed by atoms with Crippen LogP contribution in [-0.4, -0.2) is 31.3 Å². The summed E-state index contributed by atoms with van der Waals surface area (Å²) in [5.41, 5.74) is 1.97.